The summed E-state index contributed by atoms with van der Waals surface area (Å²) in [5, 5.41) is 9.08. The third-order valence-electron chi connectivity index (χ3n) is 6.65. The van der Waals surface area contributed by atoms with Gasteiger partial charge in [-0.25, -0.2) is 4.98 Å². The smallest absolute Gasteiger partial charge is 0.257 e. The topological polar surface area (TPSA) is 119 Å². The van der Waals surface area contributed by atoms with Crippen molar-refractivity contribution in [1.82, 2.24) is 25.0 Å². The number of nitrogens with one attached hydrogen (secondary N) is 1. The number of rotatable bonds is 4. The number of hydrogen-bond donors (Lipinski definition) is 2. The van der Waals surface area contributed by atoms with Crippen molar-refractivity contribution >= 4 is 39.6 Å². The van der Waals surface area contributed by atoms with Gasteiger partial charge in [-0.15, -0.1) is 0 Å². The van der Waals surface area contributed by atoms with Gasteiger partial charge >= 0.3 is 0 Å². The number of fused-ring (bicyclic) bond motifs is 3. The van der Waals surface area contributed by atoms with Gasteiger partial charge in [0.15, 0.2) is 0 Å². The molecule has 6 rings (SSSR count). The number of anilines is 1. The maximum atomic E-state index is 13.4. The average Bonchev–Trinajstić information content (AvgIpc) is 3.62. The van der Waals surface area contributed by atoms with Gasteiger partial charge in [0.05, 0.1) is 17.3 Å². The number of pyridine rings is 1. The standard InChI is InChI=1S/C27H24N6O3/c1-32-14-17(13-30-32)16-11-22(25(28)29-12-16)26(34)31-18-9-10-33(15-18)27(35)21-7-4-6-20-19-5-2-3-8-23(19)36-24(20)21/h2-8,11-14,18H,9-10,15H2,1H3,(H2,28,29)(H,31,34)/t18-/m1/s1. The number of furan rings is 1. The largest absolute Gasteiger partial charge is 0.455 e. The van der Waals surface area contributed by atoms with E-state index in [-0.39, 0.29) is 23.7 Å². The minimum atomic E-state index is -0.315. The molecule has 0 unspecified atom stereocenters. The van der Waals surface area contributed by atoms with Crippen LogP contribution < -0.4 is 11.1 Å². The molecule has 2 amide bonds. The fraction of sp³-hybridized carbons (Fsp3) is 0.185. The summed E-state index contributed by atoms with van der Waals surface area (Å²) < 4.78 is 7.71. The number of likely N-dealkylation sites (tertiary alicyclic amines) is 1. The molecule has 0 bridgehead atoms. The van der Waals surface area contributed by atoms with Gasteiger partial charge in [-0.1, -0.05) is 30.3 Å². The fourth-order valence-electron chi connectivity index (χ4n) is 4.80. The normalized spacial score (nSPS) is 15.6. The van der Waals surface area contributed by atoms with Crippen LogP contribution in [-0.4, -0.2) is 50.6 Å². The van der Waals surface area contributed by atoms with Crippen molar-refractivity contribution in [3.63, 3.8) is 0 Å². The van der Waals surface area contributed by atoms with Gasteiger partial charge in [0, 0.05) is 60.5 Å². The SMILES string of the molecule is Cn1cc(-c2cnc(N)c(C(=O)N[C@@H]3CCN(C(=O)c4cccc5c4oc4ccccc45)C3)c2)cn1. The van der Waals surface area contributed by atoms with Crippen LogP contribution in [0.15, 0.2) is 71.5 Å². The lowest BCUT2D eigenvalue weighted by Gasteiger charge is -2.18. The van der Waals surface area contributed by atoms with Gasteiger partial charge in [0.1, 0.15) is 17.0 Å². The molecule has 1 aliphatic heterocycles. The zero-order valence-electron chi connectivity index (χ0n) is 19.6. The van der Waals surface area contributed by atoms with Crippen LogP contribution >= 0.6 is 0 Å². The summed E-state index contributed by atoms with van der Waals surface area (Å²) in [6, 6.07) is 14.9. The zero-order valence-corrected chi connectivity index (χ0v) is 19.6. The van der Waals surface area contributed by atoms with E-state index < -0.39 is 0 Å². The monoisotopic (exact) mass is 480 g/mol. The number of nitrogens with zero attached hydrogens (tertiary/aromatic N) is 4. The van der Waals surface area contributed by atoms with Crippen LogP contribution in [0.5, 0.6) is 0 Å². The highest BCUT2D eigenvalue weighted by Crippen LogP contribution is 2.31. The number of nitrogens with two attached hydrogens (primary N) is 1. The Morgan fingerprint density at radius 1 is 1.06 bits per heavy atom. The van der Waals surface area contributed by atoms with Crippen LogP contribution in [0.3, 0.4) is 0 Å². The lowest BCUT2D eigenvalue weighted by atomic mass is 10.1. The molecule has 1 aliphatic rings. The first-order valence-corrected chi connectivity index (χ1v) is 11.7. The first-order valence-electron chi connectivity index (χ1n) is 11.7. The molecular formula is C27H24N6O3. The Bertz CT molecular complexity index is 1640. The number of hydrogen-bond acceptors (Lipinski definition) is 6. The van der Waals surface area contributed by atoms with Crippen LogP contribution in [0.25, 0.3) is 33.1 Å². The average molecular weight is 481 g/mol. The van der Waals surface area contributed by atoms with Crippen LogP contribution in [0, 0.1) is 0 Å². The number of nitrogen functional groups attached to an aromatic ring is 1. The lowest BCUT2D eigenvalue weighted by Crippen LogP contribution is -2.38. The van der Waals surface area contributed by atoms with Crippen molar-refractivity contribution < 1.29 is 14.0 Å². The summed E-state index contributed by atoms with van der Waals surface area (Å²) >= 11 is 0. The third-order valence-corrected chi connectivity index (χ3v) is 6.65. The van der Waals surface area contributed by atoms with E-state index in [0.717, 1.165) is 27.5 Å². The summed E-state index contributed by atoms with van der Waals surface area (Å²) in [5.41, 5.74) is 9.77. The highest BCUT2D eigenvalue weighted by molar-refractivity contribution is 6.13. The van der Waals surface area contributed by atoms with Gasteiger partial charge in [-0.05, 0) is 24.6 Å². The van der Waals surface area contributed by atoms with E-state index in [1.165, 1.54) is 0 Å². The number of para-hydroxylation sites is 2. The van der Waals surface area contributed by atoms with E-state index in [2.05, 4.69) is 15.4 Å². The lowest BCUT2D eigenvalue weighted by molar-refractivity contribution is 0.0784. The molecule has 0 spiro atoms. The van der Waals surface area contributed by atoms with Crippen molar-refractivity contribution in [2.45, 2.75) is 12.5 Å². The number of amides is 2. The molecule has 3 N–H and O–H groups in total. The van der Waals surface area contributed by atoms with E-state index in [9.17, 15) is 9.59 Å². The predicted molar refractivity (Wildman–Crippen MR) is 136 cm³/mol. The van der Waals surface area contributed by atoms with Crippen LogP contribution in [-0.2, 0) is 7.05 Å². The number of aromatic nitrogens is 3. The molecule has 1 atom stereocenters. The second-order valence-corrected chi connectivity index (χ2v) is 9.05. The molecule has 0 aliphatic carbocycles. The van der Waals surface area contributed by atoms with Gasteiger partial charge in [0.25, 0.3) is 11.8 Å². The first-order chi connectivity index (χ1) is 17.5. The Morgan fingerprint density at radius 2 is 1.89 bits per heavy atom. The van der Waals surface area contributed by atoms with Crippen molar-refractivity contribution in [2.75, 3.05) is 18.8 Å². The number of aryl methyl sites for hydroxylation is 1. The maximum absolute atomic E-state index is 13.4. The molecule has 36 heavy (non-hydrogen) atoms. The Morgan fingerprint density at radius 3 is 2.72 bits per heavy atom. The summed E-state index contributed by atoms with van der Waals surface area (Å²) in [6.07, 6.45) is 5.82. The van der Waals surface area contributed by atoms with Crippen molar-refractivity contribution in [2.24, 2.45) is 7.05 Å². The molecule has 1 fully saturated rings. The molecule has 9 heteroatoms. The highest BCUT2D eigenvalue weighted by Gasteiger charge is 2.30. The van der Waals surface area contributed by atoms with Crippen molar-refractivity contribution in [1.29, 1.82) is 0 Å². The first kappa shape index (κ1) is 21.8. The molecular weight excluding hydrogens is 456 g/mol. The fourth-order valence-corrected chi connectivity index (χ4v) is 4.80. The Balaban J connectivity index is 1.19. The van der Waals surface area contributed by atoms with Crippen molar-refractivity contribution in [3.05, 3.63) is 78.2 Å². The summed E-state index contributed by atoms with van der Waals surface area (Å²) in [6.45, 7) is 0.931. The van der Waals surface area contributed by atoms with E-state index >= 15 is 0 Å². The quantitative estimate of drug-likeness (QED) is 0.406. The predicted octanol–water partition coefficient (Wildman–Crippen LogP) is 3.61. The Hall–Kier alpha value is -4.66. The second kappa shape index (κ2) is 8.53. The van der Waals surface area contributed by atoms with Gasteiger partial charge in [0.2, 0.25) is 0 Å². The van der Waals surface area contributed by atoms with Crippen molar-refractivity contribution in [3.8, 4) is 11.1 Å². The van der Waals surface area contributed by atoms with E-state index in [0.29, 0.717) is 36.2 Å². The zero-order chi connectivity index (χ0) is 24.8. The number of carbonyl (C=O) groups is 2. The van der Waals surface area contributed by atoms with E-state index in [4.69, 9.17) is 10.2 Å². The van der Waals surface area contributed by atoms with Gasteiger partial charge < -0.3 is 20.4 Å². The molecule has 9 nitrogen and oxygen atoms in total. The minimum Gasteiger partial charge on any atom is -0.455 e. The molecule has 5 aromatic rings. The highest BCUT2D eigenvalue weighted by atomic mass is 16.3. The number of benzene rings is 2. The van der Waals surface area contributed by atoms with E-state index in [1.54, 1.807) is 34.1 Å². The molecule has 0 saturated carbocycles. The maximum Gasteiger partial charge on any atom is 0.257 e. The van der Waals surface area contributed by atoms with Gasteiger partial charge in [-0.3, -0.25) is 14.3 Å². The number of carbonyl (C=O) groups excluding carboxylic acids is 2. The third kappa shape index (κ3) is 3.74. The summed E-state index contributed by atoms with van der Waals surface area (Å²) in [5.74, 6) is -0.275. The molecule has 4 heterocycles. The molecule has 3 aromatic heterocycles. The second-order valence-electron chi connectivity index (χ2n) is 9.05. The molecule has 2 aromatic carbocycles. The molecule has 0 radical (unpaired) electrons. The Kier molecular flexibility index (Phi) is 5.18. The van der Waals surface area contributed by atoms with Crippen LogP contribution in [0.4, 0.5) is 5.82 Å². The Labute approximate surface area is 206 Å². The summed E-state index contributed by atoms with van der Waals surface area (Å²) in [4.78, 5) is 32.4. The minimum absolute atomic E-state index is 0.115. The summed E-state index contributed by atoms with van der Waals surface area (Å²) in [7, 11) is 1.82. The van der Waals surface area contributed by atoms with Crippen LogP contribution in [0.1, 0.15) is 27.1 Å². The van der Waals surface area contributed by atoms with Gasteiger partial charge in [-0.2, -0.15) is 5.10 Å². The molecule has 180 valence electrons. The van der Waals surface area contributed by atoms with E-state index in [1.807, 2.05) is 49.6 Å². The molecule has 1 saturated heterocycles. The van der Waals surface area contributed by atoms with Crippen LogP contribution in [0.2, 0.25) is 0 Å².